The van der Waals surface area contributed by atoms with Gasteiger partial charge in [-0.15, -0.1) is 0 Å². The Bertz CT molecular complexity index is 5480. The number of rotatable bonds is 11. The molecule has 94 heavy (non-hydrogen) atoms. The lowest BCUT2D eigenvalue weighted by atomic mass is 9.84. The summed E-state index contributed by atoms with van der Waals surface area (Å²) in [4.78, 5) is 22.4. The van der Waals surface area contributed by atoms with Crippen LogP contribution in [0.3, 0.4) is 0 Å². The largest absolute Gasteiger partial charge is 0.308 e. The molecular formula is C86H54N8. The summed E-state index contributed by atoms with van der Waals surface area (Å²) in [7, 11) is 0. The van der Waals surface area contributed by atoms with E-state index in [-0.39, 0.29) is 0 Å². The molecule has 18 rings (SSSR count). The minimum absolute atomic E-state index is 0.391. The number of aromatic nitrogens is 5. The molecule has 0 fully saturated rings. The average Bonchev–Trinajstić information content (AvgIpc) is 0.789. The summed E-state index contributed by atoms with van der Waals surface area (Å²) in [5.74, 6) is 1.24. The Morgan fingerprint density at radius 2 is 0.543 bits per heavy atom. The number of para-hydroxylation sites is 4. The van der Waals surface area contributed by atoms with Crippen LogP contribution in [0.1, 0.15) is 5.56 Å². The Morgan fingerprint density at radius 1 is 0.266 bits per heavy atom. The van der Waals surface area contributed by atoms with Crippen molar-refractivity contribution in [3.63, 3.8) is 0 Å². The number of hydrogen-bond donors (Lipinski definition) is 0. The van der Waals surface area contributed by atoms with E-state index in [1.165, 1.54) is 0 Å². The van der Waals surface area contributed by atoms with Gasteiger partial charge in [-0.25, -0.2) is 0 Å². The molecule has 0 saturated heterocycles. The molecule has 8 heteroatoms. The third kappa shape index (κ3) is 8.86. The molecule has 8 nitrogen and oxygen atoms in total. The van der Waals surface area contributed by atoms with Crippen molar-refractivity contribution in [1.82, 2.24) is 24.1 Å². The molecule has 0 unspecified atom stereocenters. The molecule has 0 spiro atoms. The molecule has 3 aromatic heterocycles. The summed E-state index contributed by atoms with van der Waals surface area (Å²) in [5, 5.41) is 26.0. The molecule has 0 radical (unpaired) electrons. The smallest absolute Gasteiger partial charge is 0.240 e. The molecule has 3 heterocycles. The standard InChI is InChI=1S/C86H54N8/c87-55-74-82(91(66-47-43-56-23-7-11-31-62(56)51-66)67-48-44-57-24-8-12-32-63(57)52-67)79(60-27-3-1-4-28-60)81(80(61-29-5-2-6-30-61)83(74)92(68-49-45-58-25-9-13-33-64(58)53-68)69-50-46-59-26-10-14-34-65(59)54-69)84-88-85(93-75-39-19-15-35-70(75)71-36-16-20-40-76(71)93)90-86(89-84)94-77-41-21-17-37-72(77)73-38-18-22-42-78(73)94/h1-54H. The lowest BCUT2D eigenvalue weighted by molar-refractivity contribution is 0.893. The first-order valence-electron chi connectivity index (χ1n) is 31.6. The fourth-order valence-corrected chi connectivity index (χ4v) is 14.3. The van der Waals surface area contributed by atoms with Gasteiger partial charge in [-0.05, 0) is 127 Å². The van der Waals surface area contributed by atoms with Gasteiger partial charge >= 0.3 is 0 Å². The highest BCUT2D eigenvalue weighted by atomic mass is 15.3. The zero-order chi connectivity index (χ0) is 62.2. The van der Waals surface area contributed by atoms with Crippen LogP contribution in [0.25, 0.3) is 132 Å². The number of benzene rings is 15. The summed E-state index contributed by atoms with van der Waals surface area (Å²) < 4.78 is 4.38. The Balaban J connectivity index is 1.10. The van der Waals surface area contributed by atoms with Crippen LogP contribution >= 0.6 is 0 Å². The van der Waals surface area contributed by atoms with E-state index in [0.717, 1.165) is 132 Å². The monoisotopic (exact) mass is 1200 g/mol. The quantitative estimate of drug-likeness (QED) is 0.128. The number of nitrogens with zero attached hydrogens (tertiary/aromatic N) is 8. The Kier molecular flexibility index (Phi) is 12.8. The van der Waals surface area contributed by atoms with Crippen LogP contribution in [0.15, 0.2) is 328 Å². The fraction of sp³-hybridized carbons (Fsp3) is 0. The van der Waals surface area contributed by atoms with Crippen molar-refractivity contribution in [3.8, 4) is 51.6 Å². The zero-order valence-corrected chi connectivity index (χ0v) is 50.8. The molecule has 0 amide bonds. The third-order valence-corrected chi connectivity index (χ3v) is 18.5. The number of hydrogen-bond acceptors (Lipinski definition) is 6. The van der Waals surface area contributed by atoms with Gasteiger partial charge in [0.05, 0.1) is 33.4 Å². The molecule has 0 aliphatic rings. The van der Waals surface area contributed by atoms with Gasteiger partial charge in [0.15, 0.2) is 5.82 Å². The maximum atomic E-state index is 13.2. The zero-order valence-electron chi connectivity index (χ0n) is 50.8. The molecule has 0 N–H and O–H groups in total. The van der Waals surface area contributed by atoms with Crippen molar-refractivity contribution in [2.45, 2.75) is 0 Å². The van der Waals surface area contributed by atoms with E-state index in [0.29, 0.717) is 40.2 Å². The second-order valence-corrected chi connectivity index (χ2v) is 23.8. The van der Waals surface area contributed by atoms with Gasteiger partial charge < -0.3 is 9.80 Å². The number of anilines is 6. The highest BCUT2D eigenvalue weighted by molar-refractivity contribution is 6.14. The molecule has 0 atom stereocenters. The highest BCUT2D eigenvalue weighted by Crippen LogP contribution is 2.58. The SMILES string of the molecule is N#Cc1c(N(c2ccc3ccccc3c2)c2ccc3ccccc3c2)c(-c2ccccc2)c(-c2nc(-n3c4ccccc4c4ccccc43)nc(-n3c4ccccc4c4ccccc43)n2)c(-c2ccccc2)c1N(c1ccc2ccccc2c1)c1ccc2ccccc2c1. The summed E-state index contributed by atoms with van der Waals surface area (Å²) in [5.41, 5.74) is 12.7. The van der Waals surface area contributed by atoms with Crippen LogP contribution in [0, 0.1) is 11.3 Å². The second kappa shape index (κ2) is 22.2. The van der Waals surface area contributed by atoms with Crippen LogP contribution in [-0.2, 0) is 0 Å². The fourth-order valence-electron chi connectivity index (χ4n) is 14.3. The van der Waals surface area contributed by atoms with Gasteiger partial charge in [0.25, 0.3) is 0 Å². The van der Waals surface area contributed by atoms with Crippen LogP contribution in [-0.4, -0.2) is 24.1 Å². The van der Waals surface area contributed by atoms with E-state index in [9.17, 15) is 5.26 Å². The van der Waals surface area contributed by atoms with Crippen molar-refractivity contribution in [2.75, 3.05) is 9.80 Å². The minimum atomic E-state index is 0.391. The summed E-state index contributed by atoms with van der Waals surface area (Å²) in [6, 6.07) is 118. The lowest BCUT2D eigenvalue weighted by Gasteiger charge is -2.36. The average molecular weight is 1200 g/mol. The maximum absolute atomic E-state index is 13.2. The Morgan fingerprint density at radius 3 is 0.851 bits per heavy atom. The molecular weight excluding hydrogens is 1150 g/mol. The van der Waals surface area contributed by atoms with E-state index in [1.54, 1.807) is 0 Å². The maximum Gasteiger partial charge on any atom is 0.240 e. The molecule has 438 valence electrons. The predicted octanol–water partition coefficient (Wildman–Crippen LogP) is 22.5. The minimum Gasteiger partial charge on any atom is -0.308 e. The first kappa shape index (κ1) is 54.0. The summed E-state index contributed by atoms with van der Waals surface area (Å²) in [6.07, 6.45) is 0. The summed E-state index contributed by atoms with van der Waals surface area (Å²) in [6.45, 7) is 0. The first-order chi connectivity index (χ1) is 46.6. The highest BCUT2D eigenvalue weighted by Gasteiger charge is 2.37. The molecule has 0 aliphatic heterocycles. The van der Waals surface area contributed by atoms with Crippen molar-refractivity contribution < 1.29 is 0 Å². The van der Waals surface area contributed by atoms with Gasteiger partial charge in [-0.2, -0.15) is 20.2 Å². The van der Waals surface area contributed by atoms with E-state index in [4.69, 9.17) is 15.0 Å². The van der Waals surface area contributed by atoms with Crippen molar-refractivity contribution >= 4 is 121 Å². The van der Waals surface area contributed by atoms with Gasteiger partial charge in [-0.3, -0.25) is 9.13 Å². The topological polar surface area (TPSA) is 78.8 Å². The Labute approximate surface area is 541 Å². The van der Waals surface area contributed by atoms with E-state index >= 15 is 0 Å². The van der Waals surface area contributed by atoms with Crippen LogP contribution in [0.2, 0.25) is 0 Å². The van der Waals surface area contributed by atoms with Crippen molar-refractivity contribution in [2.24, 2.45) is 0 Å². The van der Waals surface area contributed by atoms with Gasteiger partial charge in [-0.1, -0.05) is 255 Å². The number of nitriles is 1. The molecule has 18 aromatic rings. The molecule has 0 bridgehead atoms. The Hall–Kier alpha value is -13.0. The second-order valence-electron chi connectivity index (χ2n) is 23.8. The van der Waals surface area contributed by atoms with Gasteiger partial charge in [0.2, 0.25) is 11.9 Å². The van der Waals surface area contributed by atoms with Crippen LogP contribution in [0.5, 0.6) is 0 Å². The van der Waals surface area contributed by atoms with Crippen molar-refractivity contribution in [1.29, 1.82) is 5.26 Å². The van der Waals surface area contributed by atoms with Crippen LogP contribution in [0.4, 0.5) is 34.1 Å². The summed E-state index contributed by atoms with van der Waals surface area (Å²) >= 11 is 0. The normalized spacial score (nSPS) is 11.6. The lowest BCUT2D eigenvalue weighted by Crippen LogP contribution is -2.20. The number of fused-ring (bicyclic) bond motifs is 10. The van der Waals surface area contributed by atoms with Gasteiger partial charge in [0.1, 0.15) is 11.6 Å². The molecule has 0 aliphatic carbocycles. The van der Waals surface area contributed by atoms with Gasteiger partial charge in [0, 0.05) is 61.0 Å². The molecule has 0 saturated carbocycles. The van der Waals surface area contributed by atoms with E-state index in [2.05, 4.69) is 353 Å². The molecule has 15 aromatic carbocycles. The third-order valence-electron chi connectivity index (χ3n) is 18.5. The predicted molar refractivity (Wildman–Crippen MR) is 389 cm³/mol. The van der Waals surface area contributed by atoms with E-state index < -0.39 is 0 Å². The van der Waals surface area contributed by atoms with Crippen LogP contribution < -0.4 is 9.80 Å². The first-order valence-corrected chi connectivity index (χ1v) is 31.6. The van der Waals surface area contributed by atoms with Crippen molar-refractivity contribution in [3.05, 3.63) is 333 Å². The van der Waals surface area contributed by atoms with E-state index in [1.807, 2.05) is 0 Å².